The van der Waals surface area contributed by atoms with Crippen LogP contribution in [-0.4, -0.2) is 42.0 Å². The van der Waals surface area contributed by atoms with Gasteiger partial charge < -0.3 is 15.0 Å². The molecule has 1 aromatic carbocycles. The summed E-state index contributed by atoms with van der Waals surface area (Å²) in [5, 5.41) is 7.04. The SMILES string of the molecule is O=C(Cn1nc(N2CCOCC2)ccc1=O)Nc1ccccc1. The fourth-order valence-electron chi connectivity index (χ4n) is 2.37. The minimum Gasteiger partial charge on any atom is -0.378 e. The van der Waals surface area contributed by atoms with Crippen LogP contribution in [0.2, 0.25) is 0 Å². The third-order valence-electron chi connectivity index (χ3n) is 3.54. The first-order valence-electron chi connectivity index (χ1n) is 7.48. The fourth-order valence-corrected chi connectivity index (χ4v) is 2.37. The van der Waals surface area contributed by atoms with Crippen LogP contribution >= 0.6 is 0 Å². The van der Waals surface area contributed by atoms with Gasteiger partial charge in [0.15, 0.2) is 0 Å². The van der Waals surface area contributed by atoms with E-state index >= 15 is 0 Å². The molecular formula is C16H18N4O3. The summed E-state index contributed by atoms with van der Waals surface area (Å²) >= 11 is 0. The monoisotopic (exact) mass is 314 g/mol. The van der Waals surface area contributed by atoms with Crippen LogP contribution in [-0.2, 0) is 16.1 Å². The van der Waals surface area contributed by atoms with Gasteiger partial charge >= 0.3 is 0 Å². The van der Waals surface area contributed by atoms with Crippen LogP contribution in [0.15, 0.2) is 47.3 Å². The van der Waals surface area contributed by atoms with Crippen molar-refractivity contribution in [2.45, 2.75) is 6.54 Å². The molecule has 7 nitrogen and oxygen atoms in total. The van der Waals surface area contributed by atoms with Crippen LogP contribution in [0.25, 0.3) is 0 Å². The van der Waals surface area contributed by atoms with Gasteiger partial charge in [-0.2, -0.15) is 5.10 Å². The Bertz CT molecular complexity index is 724. The summed E-state index contributed by atoms with van der Waals surface area (Å²) < 4.78 is 6.49. The number of carbonyl (C=O) groups excluding carboxylic acids is 1. The van der Waals surface area contributed by atoms with Gasteiger partial charge in [-0.3, -0.25) is 9.59 Å². The lowest BCUT2D eigenvalue weighted by Gasteiger charge is -2.27. The van der Waals surface area contributed by atoms with Gasteiger partial charge in [-0.1, -0.05) is 18.2 Å². The maximum Gasteiger partial charge on any atom is 0.267 e. The number of benzene rings is 1. The molecule has 1 saturated heterocycles. The molecule has 2 heterocycles. The van der Waals surface area contributed by atoms with E-state index < -0.39 is 0 Å². The third-order valence-corrected chi connectivity index (χ3v) is 3.54. The highest BCUT2D eigenvalue weighted by molar-refractivity contribution is 5.90. The Labute approximate surface area is 133 Å². The van der Waals surface area contributed by atoms with E-state index in [4.69, 9.17) is 4.74 Å². The first-order chi connectivity index (χ1) is 11.2. The van der Waals surface area contributed by atoms with Gasteiger partial charge in [0.2, 0.25) is 5.91 Å². The second kappa shape index (κ2) is 7.06. The summed E-state index contributed by atoms with van der Waals surface area (Å²) in [5.74, 6) is 0.394. The van der Waals surface area contributed by atoms with E-state index in [2.05, 4.69) is 10.4 Å². The number of rotatable bonds is 4. The zero-order valence-corrected chi connectivity index (χ0v) is 12.6. The number of hydrogen-bond donors (Lipinski definition) is 1. The molecule has 1 aromatic heterocycles. The Morgan fingerprint density at radius 3 is 2.61 bits per heavy atom. The number of nitrogens with one attached hydrogen (secondary N) is 1. The van der Waals surface area contributed by atoms with E-state index in [1.165, 1.54) is 10.7 Å². The van der Waals surface area contributed by atoms with Crippen LogP contribution < -0.4 is 15.8 Å². The minimum absolute atomic E-state index is 0.119. The topological polar surface area (TPSA) is 76.5 Å². The number of anilines is 2. The van der Waals surface area contributed by atoms with Crippen LogP contribution in [0.4, 0.5) is 11.5 Å². The van der Waals surface area contributed by atoms with Crippen LogP contribution in [0.3, 0.4) is 0 Å². The molecule has 2 aromatic rings. The highest BCUT2D eigenvalue weighted by Crippen LogP contribution is 2.10. The van der Waals surface area contributed by atoms with Crippen molar-refractivity contribution in [1.29, 1.82) is 0 Å². The predicted octanol–water partition coefficient (Wildman–Crippen LogP) is 0.719. The number of ether oxygens (including phenoxy) is 1. The smallest absolute Gasteiger partial charge is 0.267 e. The van der Waals surface area contributed by atoms with Gasteiger partial charge in [-0.05, 0) is 18.2 Å². The fraction of sp³-hybridized carbons (Fsp3) is 0.312. The van der Waals surface area contributed by atoms with Gasteiger partial charge in [-0.15, -0.1) is 0 Å². The van der Waals surface area contributed by atoms with Crippen molar-refractivity contribution in [3.8, 4) is 0 Å². The number of aromatic nitrogens is 2. The summed E-state index contributed by atoms with van der Waals surface area (Å²) in [4.78, 5) is 26.0. The molecule has 1 fully saturated rings. The average molecular weight is 314 g/mol. The number of carbonyl (C=O) groups is 1. The lowest BCUT2D eigenvalue weighted by molar-refractivity contribution is -0.117. The molecule has 0 atom stereocenters. The number of morpholine rings is 1. The molecule has 0 unspecified atom stereocenters. The highest BCUT2D eigenvalue weighted by Gasteiger charge is 2.14. The van der Waals surface area contributed by atoms with E-state index in [-0.39, 0.29) is 18.0 Å². The van der Waals surface area contributed by atoms with Gasteiger partial charge in [-0.25, -0.2) is 4.68 Å². The van der Waals surface area contributed by atoms with E-state index in [1.54, 1.807) is 18.2 Å². The maximum atomic E-state index is 12.1. The van der Waals surface area contributed by atoms with Gasteiger partial charge in [0, 0.05) is 24.8 Å². The Balaban J connectivity index is 1.71. The number of amides is 1. The van der Waals surface area contributed by atoms with Gasteiger partial charge in [0.05, 0.1) is 13.2 Å². The lowest BCUT2D eigenvalue weighted by Crippen LogP contribution is -2.38. The highest BCUT2D eigenvalue weighted by atomic mass is 16.5. The molecule has 1 N–H and O–H groups in total. The van der Waals surface area contributed by atoms with Crippen LogP contribution in [0.5, 0.6) is 0 Å². The third kappa shape index (κ3) is 3.95. The molecule has 7 heteroatoms. The first-order valence-corrected chi connectivity index (χ1v) is 7.48. The molecule has 1 amide bonds. The maximum absolute atomic E-state index is 12.1. The van der Waals surface area contributed by atoms with Crippen molar-refractivity contribution >= 4 is 17.4 Å². The largest absolute Gasteiger partial charge is 0.378 e. The molecule has 0 spiro atoms. The first kappa shape index (κ1) is 15.2. The van der Waals surface area contributed by atoms with Gasteiger partial charge in [0.25, 0.3) is 5.56 Å². The van der Waals surface area contributed by atoms with Crippen molar-refractivity contribution < 1.29 is 9.53 Å². The van der Waals surface area contributed by atoms with Crippen molar-refractivity contribution in [1.82, 2.24) is 9.78 Å². The van der Waals surface area contributed by atoms with Crippen molar-refractivity contribution in [2.24, 2.45) is 0 Å². The molecule has 3 rings (SSSR count). The van der Waals surface area contributed by atoms with Crippen molar-refractivity contribution in [2.75, 3.05) is 36.5 Å². The van der Waals surface area contributed by atoms with Crippen LogP contribution in [0.1, 0.15) is 0 Å². The Morgan fingerprint density at radius 1 is 1.13 bits per heavy atom. The van der Waals surface area contributed by atoms with E-state index in [1.807, 2.05) is 23.1 Å². The van der Waals surface area contributed by atoms with E-state index in [0.29, 0.717) is 24.7 Å². The summed E-state index contributed by atoms with van der Waals surface area (Å²) in [5.41, 5.74) is 0.389. The summed E-state index contributed by atoms with van der Waals surface area (Å²) in [6.45, 7) is 2.60. The minimum atomic E-state index is -0.301. The average Bonchev–Trinajstić information content (AvgIpc) is 2.58. The summed E-state index contributed by atoms with van der Waals surface area (Å²) in [7, 11) is 0. The molecule has 1 aliphatic rings. The zero-order valence-electron chi connectivity index (χ0n) is 12.6. The molecule has 0 bridgehead atoms. The normalized spacial score (nSPS) is 14.5. The number of para-hydroxylation sites is 1. The summed E-state index contributed by atoms with van der Waals surface area (Å²) in [6.07, 6.45) is 0. The molecule has 23 heavy (non-hydrogen) atoms. The lowest BCUT2D eigenvalue weighted by atomic mass is 10.3. The quantitative estimate of drug-likeness (QED) is 0.900. The van der Waals surface area contributed by atoms with Crippen molar-refractivity contribution in [3.63, 3.8) is 0 Å². The van der Waals surface area contributed by atoms with Crippen molar-refractivity contribution in [3.05, 3.63) is 52.8 Å². The molecule has 0 aliphatic carbocycles. The van der Waals surface area contributed by atoms with Gasteiger partial charge in [0.1, 0.15) is 12.4 Å². The molecular weight excluding hydrogens is 296 g/mol. The molecule has 120 valence electrons. The number of hydrogen-bond acceptors (Lipinski definition) is 5. The molecule has 0 radical (unpaired) electrons. The van der Waals surface area contributed by atoms with Crippen LogP contribution in [0, 0.1) is 0 Å². The standard InChI is InChI=1S/C16H18N4O3/c21-15(17-13-4-2-1-3-5-13)12-20-16(22)7-6-14(18-20)19-8-10-23-11-9-19/h1-7H,8-12H2,(H,17,21). The number of nitrogens with zero attached hydrogens (tertiary/aromatic N) is 3. The predicted molar refractivity (Wildman–Crippen MR) is 86.6 cm³/mol. The second-order valence-electron chi connectivity index (χ2n) is 5.20. The zero-order chi connectivity index (χ0) is 16.1. The molecule has 0 saturated carbocycles. The second-order valence-corrected chi connectivity index (χ2v) is 5.20. The van der Waals surface area contributed by atoms with E-state index in [0.717, 1.165) is 13.1 Å². The molecule has 1 aliphatic heterocycles. The Kier molecular flexibility index (Phi) is 4.68. The summed E-state index contributed by atoms with van der Waals surface area (Å²) in [6, 6.07) is 12.2. The Hall–Kier alpha value is -2.67. The Morgan fingerprint density at radius 2 is 1.87 bits per heavy atom. The van der Waals surface area contributed by atoms with E-state index in [9.17, 15) is 9.59 Å².